The van der Waals surface area contributed by atoms with Gasteiger partial charge in [-0.1, -0.05) is 0 Å². The molecule has 22 heterocycles. The molecule has 22 fully saturated rings. The van der Waals surface area contributed by atoms with Gasteiger partial charge < -0.3 is 164 Å². The SMILES string of the molecule is CC(=O)Cc1cc(I)c(Oc2cc(I)c(OCCCNCCCNCC3O[C@@H]4O[C@@H]5OC(CO)[C@H](O[C@H]6OC(CO)[C@H](O[C@H]7OC(CO)[C@H](O[C@@H]8C(CO)O[C@@H](O[C@@H]9C(CO)O[C@H](O[C@H]3C(O)[C@@H]4O)[C@@H](O)C9O)[C@@H](O)C8O)C(O)[C@H]7O)C(O)[C@H]6O)C(O)[C@H]5O)c(I)c2)c(I)c1. The van der Waals surface area contributed by atoms with Gasteiger partial charge in [-0.15, -0.1) is 0 Å². The van der Waals surface area contributed by atoms with E-state index in [0.29, 0.717) is 56.2 Å². The normalized spacial score (nSPS) is 42.0. The molecule has 0 aromatic heterocycles. The summed E-state index contributed by atoms with van der Waals surface area (Å²) >= 11 is 8.78. The van der Waals surface area contributed by atoms with Crippen molar-refractivity contribution < 1.29 is 158 Å². The van der Waals surface area contributed by atoms with Crippen LogP contribution in [-0.4, -0.2) is 343 Å². The average molecular weight is 1810 g/mol. The third-order valence-electron chi connectivity index (χ3n) is 17.0. The van der Waals surface area contributed by atoms with Gasteiger partial charge in [-0.25, -0.2) is 0 Å². The molecule has 34 nitrogen and oxygen atoms in total. The summed E-state index contributed by atoms with van der Waals surface area (Å²) < 4.78 is 86.3. The lowest BCUT2D eigenvalue weighted by molar-refractivity contribution is -0.407. The van der Waals surface area contributed by atoms with E-state index < -0.39 is 217 Å². The smallest absolute Gasteiger partial charge is 0.189 e. The van der Waals surface area contributed by atoms with Crippen molar-refractivity contribution in [2.75, 3.05) is 65.8 Å². The highest BCUT2D eigenvalue weighted by atomic mass is 127. The molecule has 38 heteroatoms. The van der Waals surface area contributed by atoms with Gasteiger partial charge >= 0.3 is 0 Å². The highest BCUT2D eigenvalue weighted by Crippen LogP contribution is 2.41. The topological polar surface area (TPSA) is 514 Å². The minimum atomic E-state index is -2.16. The van der Waals surface area contributed by atoms with E-state index in [1.54, 1.807) is 6.92 Å². The zero-order chi connectivity index (χ0) is 68.9. The molecule has 12 unspecified atom stereocenters. The second-order valence-electron chi connectivity index (χ2n) is 23.8. The van der Waals surface area contributed by atoms with E-state index in [-0.39, 0.29) is 18.9 Å². The monoisotopic (exact) mass is 1810 g/mol. The quantitative estimate of drug-likeness (QED) is 0.0433. The van der Waals surface area contributed by atoms with E-state index in [0.717, 1.165) is 19.8 Å². The number of carbonyl (C=O) groups is 1. The number of aliphatic hydroxyl groups is 17. The average Bonchev–Trinajstić information content (AvgIpc) is 0.785. The first-order valence-corrected chi connectivity index (χ1v) is 34.9. The number of rotatable bonds is 20. The minimum Gasteiger partial charge on any atom is -0.491 e. The first-order valence-electron chi connectivity index (χ1n) is 30.6. The van der Waals surface area contributed by atoms with Gasteiger partial charge in [0.15, 0.2) is 43.5 Å². The molecule has 540 valence electrons. The van der Waals surface area contributed by atoms with Crippen molar-refractivity contribution in [2.24, 2.45) is 0 Å². The number of halogens is 4. The van der Waals surface area contributed by atoms with Gasteiger partial charge in [0.25, 0.3) is 0 Å². The Labute approximate surface area is 597 Å². The highest BCUT2D eigenvalue weighted by Gasteiger charge is 2.59. The number of ether oxygens (including phenoxy) is 14. The molecular formula is C57H82I4N2O32. The number of Topliss-reactive ketones (excluding diaryl/α,β-unsaturated/α-hetero) is 1. The van der Waals surface area contributed by atoms with Crippen LogP contribution >= 0.6 is 90.4 Å². The molecule has 22 aliphatic heterocycles. The highest BCUT2D eigenvalue weighted by molar-refractivity contribution is 14.1. The minimum absolute atomic E-state index is 0.0661. The maximum atomic E-state index is 11.9. The molecule has 19 N–H and O–H groups in total. The molecule has 2 aromatic carbocycles. The van der Waals surface area contributed by atoms with Crippen LogP contribution in [0, 0.1) is 14.3 Å². The number of carbonyl (C=O) groups excluding carboxylic acids is 1. The summed E-state index contributed by atoms with van der Waals surface area (Å²) in [6.07, 6.45) is -56.7. The van der Waals surface area contributed by atoms with Gasteiger partial charge in [-0.05, 0) is 160 Å². The van der Waals surface area contributed by atoms with E-state index in [1.807, 2.05) is 24.3 Å². The first kappa shape index (κ1) is 78.5. The number of benzene rings is 2. The van der Waals surface area contributed by atoms with Gasteiger partial charge in [-0.3, -0.25) is 4.79 Å². The van der Waals surface area contributed by atoms with Crippen LogP contribution < -0.4 is 20.1 Å². The summed E-state index contributed by atoms with van der Waals surface area (Å²) in [4.78, 5) is 11.7. The standard InChI is InChI=1S/C57H82I4N2O32/c1-19(69)8-20-9-22(58)45(23(59)10-20)83-21-11-24(60)44(25(61)12-21)82-7-3-6-62-4-2-5-63-13-26-46-32(70)42(80)56(84-26)95-57-43(81)37(75)51(31(18-68)89-57)94-55-41(79)36(74)50(30(17-67)88-55)93-54-39(77)34(72)48(28(15-65)86-54)90-47-27(14-64)85-53(38(76)33(47)71)92-49-29(16-66)87-52(91-46)40(78)35(49)73/h9-12,26-43,46-57,62-68,70-81H,2-8,13-18H2,1H3/t26?,27?,28?,29?,30?,31?,32?,33?,34?,35?,36?,37?,38-,39+,40-,41+,42-,43+,46+,47+,48-,49+,50-,51-,52+,53-,54+,55+,56+,57-/m0/s1. The van der Waals surface area contributed by atoms with Crippen LogP contribution in [0.5, 0.6) is 17.2 Å². The lowest BCUT2D eigenvalue weighted by Gasteiger charge is -2.50. The number of hydrogen-bond donors (Lipinski definition) is 19. The number of nitrogens with one attached hydrogen (secondary N) is 2. The van der Waals surface area contributed by atoms with Crippen LogP contribution in [0.2, 0.25) is 0 Å². The predicted molar refractivity (Wildman–Crippen MR) is 347 cm³/mol. The molecule has 22 aliphatic rings. The van der Waals surface area contributed by atoms with Crippen molar-refractivity contribution in [1.29, 1.82) is 0 Å². The third kappa shape index (κ3) is 18.3. The molecule has 12 bridgehead atoms. The molecule has 0 aliphatic carbocycles. The van der Waals surface area contributed by atoms with Crippen molar-refractivity contribution in [3.8, 4) is 17.2 Å². The molecule has 0 amide bonds. The molecule has 0 saturated carbocycles. The zero-order valence-corrected chi connectivity index (χ0v) is 59.2. The van der Waals surface area contributed by atoms with Crippen molar-refractivity contribution >= 4 is 96.1 Å². The van der Waals surface area contributed by atoms with E-state index in [9.17, 15) is 91.6 Å². The van der Waals surface area contributed by atoms with Crippen LogP contribution in [0.4, 0.5) is 0 Å². The summed E-state index contributed by atoms with van der Waals surface area (Å²) in [6.45, 7) is -1.95. The lowest BCUT2D eigenvalue weighted by Crippen LogP contribution is -2.69. The Bertz CT molecular complexity index is 2730. The Kier molecular flexibility index (Phi) is 29.5. The number of aliphatic hydroxyl groups excluding tert-OH is 17. The summed E-state index contributed by atoms with van der Waals surface area (Å²) in [6, 6.07) is 7.62. The molecule has 0 spiro atoms. The van der Waals surface area contributed by atoms with Crippen molar-refractivity contribution in [3.63, 3.8) is 0 Å². The molecule has 95 heavy (non-hydrogen) atoms. The van der Waals surface area contributed by atoms with Gasteiger partial charge in [0.1, 0.15) is 164 Å². The Balaban J connectivity index is 0.878. The lowest BCUT2D eigenvalue weighted by atomic mass is 9.94. The second-order valence-corrected chi connectivity index (χ2v) is 28.4. The largest absolute Gasteiger partial charge is 0.491 e. The fourth-order valence-corrected chi connectivity index (χ4v) is 16.1. The Morgan fingerprint density at radius 3 is 1.05 bits per heavy atom. The predicted octanol–water partition coefficient (Wildman–Crippen LogP) is -6.67. The Morgan fingerprint density at radius 2 is 0.695 bits per heavy atom. The maximum absolute atomic E-state index is 11.9. The summed E-state index contributed by atoms with van der Waals surface area (Å²) in [7, 11) is 0. The van der Waals surface area contributed by atoms with Crippen molar-refractivity contribution in [1.82, 2.24) is 10.6 Å². The Hall–Kier alpha value is -0.610. The van der Waals surface area contributed by atoms with Crippen LogP contribution in [0.1, 0.15) is 25.3 Å². The summed E-state index contributed by atoms with van der Waals surface area (Å²) in [5, 5.41) is 197. The van der Waals surface area contributed by atoms with Crippen LogP contribution in [0.15, 0.2) is 24.3 Å². The van der Waals surface area contributed by atoms with E-state index in [1.165, 1.54) is 0 Å². The van der Waals surface area contributed by atoms with Crippen molar-refractivity contribution in [3.05, 3.63) is 44.1 Å². The zero-order valence-electron chi connectivity index (χ0n) is 50.6. The Morgan fingerprint density at radius 1 is 0.389 bits per heavy atom. The molecule has 30 atom stereocenters. The van der Waals surface area contributed by atoms with E-state index >= 15 is 0 Å². The van der Waals surface area contributed by atoms with Crippen LogP contribution in [0.3, 0.4) is 0 Å². The van der Waals surface area contributed by atoms with Crippen LogP contribution in [0.25, 0.3) is 0 Å². The van der Waals surface area contributed by atoms with Gasteiger partial charge in [0.05, 0.1) is 53.9 Å². The van der Waals surface area contributed by atoms with E-state index in [2.05, 4.69) is 101 Å². The molecule has 0 radical (unpaired) electrons. The molecule has 24 rings (SSSR count). The molecular weight excluding hydrogens is 1730 g/mol. The third-order valence-corrected chi connectivity index (χ3v) is 20.2. The van der Waals surface area contributed by atoms with Crippen molar-refractivity contribution in [2.45, 2.75) is 210 Å². The van der Waals surface area contributed by atoms with Gasteiger partial charge in [0, 0.05) is 13.0 Å². The van der Waals surface area contributed by atoms with E-state index in [4.69, 9.17) is 66.3 Å². The summed E-state index contributed by atoms with van der Waals surface area (Å²) in [5.74, 6) is 2.07. The molecule has 2 aromatic rings. The number of ketones is 1. The van der Waals surface area contributed by atoms with Gasteiger partial charge in [0.2, 0.25) is 0 Å². The number of hydrogen-bond acceptors (Lipinski definition) is 34. The second kappa shape index (κ2) is 35.7. The molecule has 22 saturated heterocycles. The van der Waals surface area contributed by atoms with Gasteiger partial charge in [-0.2, -0.15) is 0 Å². The maximum Gasteiger partial charge on any atom is 0.189 e. The fourth-order valence-electron chi connectivity index (χ4n) is 12.0. The summed E-state index contributed by atoms with van der Waals surface area (Å²) in [5.41, 5.74) is 0.908. The first-order chi connectivity index (χ1) is 45.3. The van der Waals surface area contributed by atoms with Crippen LogP contribution in [-0.2, 0) is 68.1 Å². The fraction of sp³-hybridized carbons (Fsp3) is 0.772.